The lowest BCUT2D eigenvalue weighted by atomic mass is 10.1. The van der Waals surface area contributed by atoms with Crippen LogP contribution in [-0.2, 0) is 9.59 Å². The number of para-hydroxylation sites is 1. The summed E-state index contributed by atoms with van der Waals surface area (Å²) in [5.74, 6) is -0.412. The average molecular weight is 355 g/mol. The van der Waals surface area contributed by atoms with Gasteiger partial charge in [0.2, 0.25) is 0 Å². The minimum Gasteiger partial charge on any atom is -0.489 e. The Bertz CT molecular complexity index is 862. The summed E-state index contributed by atoms with van der Waals surface area (Å²) >= 11 is 6.03. The molecule has 2 aromatic rings. The maximum atomic E-state index is 12.6. The predicted octanol–water partition coefficient (Wildman–Crippen LogP) is 3.37. The van der Waals surface area contributed by atoms with Gasteiger partial charge in [-0.1, -0.05) is 42.5 Å². The zero-order valence-electron chi connectivity index (χ0n) is 13.2. The van der Waals surface area contributed by atoms with E-state index < -0.39 is 11.8 Å². The molecule has 25 heavy (non-hydrogen) atoms. The van der Waals surface area contributed by atoms with Crippen molar-refractivity contribution in [3.8, 4) is 5.75 Å². The summed E-state index contributed by atoms with van der Waals surface area (Å²) in [6, 6.07) is 13.9. The molecular formula is C19H15ClN2O3. The molecule has 1 heterocycles. The molecule has 0 atom stereocenters. The molecule has 0 bridgehead atoms. The van der Waals surface area contributed by atoms with Gasteiger partial charge in [0.25, 0.3) is 11.8 Å². The van der Waals surface area contributed by atoms with Gasteiger partial charge in [-0.25, -0.2) is 5.01 Å². The molecule has 0 spiro atoms. The summed E-state index contributed by atoms with van der Waals surface area (Å²) in [5, 5.41) is 1.69. The molecule has 0 aliphatic carbocycles. The zero-order chi connectivity index (χ0) is 17.8. The van der Waals surface area contributed by atoms with E-state index in [0.29, 0.717) is 28.6 Å². The van der Waals surface area contributed by atoms with E-state index in [1.54, 1.807) is 48.5 Å². The molecule has 1 fully saturated rings. The van der Waals surface area contributed by atoms with Crippen molar-refractivity contribution in [1.29, 1.82) is 0 Å². The summed E-state index contributed by atoms with van der Waals surface area (Å²) in [7, 11) is 0. The molecule has 0 aromatic heterocycles. The Hall–Kier alpha value is -3.05. The molecule has 126 valence electrons. The maximum absolute atomic E-state index is 12.6. The van der Waals surface area contributed by atoms with Gasteiger partial charge in [-0.05, 0) is 36.4 Å². The Labute approximate surface area is 150 Å². The second-order valence-electron chi connectivity index (χ2n) is 5.26. The quantitative estimate of drug-likeness (QED) is 0.509. The Balaban J connectivity index is 1.96. The summed E-state index contributed by atoms with van der Waals surface area (Å²) in [6.45, 7) is 3.90. The van der Waals surface area contributed by atoms with Crippen molar-refractivity contribution in [2.75, 3.05) is 11.6 Å². The van der Waals surface area contributed by atoms with Gasteiger partial charge in [-0.3, -0.25) is 15.0 Å². The van der Waals surface area contributed by atoms with Crippen molar-refractivity contribution in [1.82, 2.24) is 5.43 Å². The van der Waals surface area contributed by atoms with E-state index >= 15 is 0 Å². The lowest BCUT2D eigenvalue weighted by molar-refractivity contribution is -0.117. The van der Waals surface area contributed by atoms with Crippen LogP contribution in [0.3, 0.4) is 0 Å². The highest BCUT2D eigenvalue weighted by molar-refractivity contribution is 6.32. The summed E-state index contributed by atoms with van der Waals surface area (Å²) in [4.78, 5) is 24.9. The number of hydrogen-bond donors (Lipinski definition) is 1. The molecule has 1 N–H and O–H groups in total. The minimum atomic E-state index is -0.483. The van der Waals surface area contributed by atoms with Crippen molar-refractivity contribution < 1.29 is 14.3 Å². The van der Waals surface area contributed by atoms with Gasteiger partial charge in [0.1, 0.15) is 17.9 Å². The topological polar surface area (TPSA) is 58.6 Å². The molecule has 6 heteroatoms. The Morgan fingerprint density at radius 2 is 1.92 bits per heavy atom. The zero-order valence-corrected chi connectivity index (χ0v) is 14.0. The van der Waals surface area contributed by atoms with Crippen molar-refractivity contribution in [3.05, 3.63) is 77.3 Å². The number of carbonyl (C=O) groups is 2. The maximum Gasteiger partial charge on any atom is 0.282 e. The van der Waals surface area contributed by atoms with Crippen molar-refractivity contribution >= 4 is 35.2 Å². The Morgan fingerprint density at radius 3 is 2.64 bits per heavy atom. The molecule has 0 radical (unpaired) electrons. The molecule has 2 aromatic carbocycles. The number of anilines is 1. The van der Waals surface area contributed by atoms with Gasteiger partial charge in [0, 0.05) is 10.6 Å². The number of benzene rings is 2. The molecular weight excluding hydrogens is 340 g/mol. The number of nitrogens with one attached hydrogen (secondary N) is 1. The minimum absolute atomic E-state index is 0.00886. The number of nitrogens with zero attached hydrogens (tertiary/aromatic N) is 1. The number of halogens is 1. The monoisotopic (exact) mass is 354 g/mol. The van der Waals surface area contributed by atoms with Gasteiger partial charge in [0.15, 0.2) is 0 Å². The predicted molar refractivity (Wildman–Crippen MR) is 97.2 cm³/mol. The van der Waals surface area contributed by atoms with Gasteiger partial charge >= 0.3 is 0 Å². The van der Waals surface area contributed by atoms with Crippen LogP contribution in [0.5, 0.6) is 5.75 Å². The third kappa shape index (κ3) is 3.56. The normalized spacial score (nSPS) is 15.4. The molecule has 1 saturated heterocycles. The van der Waals surface area contributed by atoms with Crippen LogP contribution in [0.2, 0.25) is 5.02 Å². The van der Waals surface area contributed by atoms with Gasteiger partial charge in [0.05, 0.1) is 5.69 Å². The Kier molecular flexibility index (Phi) is 4.86. The molecule has 0 saturated carbocycles. The molecule has 0 unspecified atom stereocenters. The number of ether oxygens (including phenoxy) is 1. The average Bonchev–Trinajstić information content (AvgIpc) is 2.90. The molecule has 3 rings (SSSR count). The summed E-state index contributed by atoms with van der Waals surface area (Å²) in [6.07, 6.45) is 3.08. The smallest absolute Gasteiger partial charge is 0.282 e. The van der Waals surface area contributed by atoms with Crippen LogP contribution in [0.25, 0.3) is 6.08 Å². The first-order chi connectivity index (χ1) is 12.1. The Morgan fingerprint density at radius 1 is 1.16 bits per heavy atom. The number of carbonyl (C=O) groups excluding carboxylic acids is 2. The van der Waals surface area contributed by atoms with Crippen molar-refractivity contribution in [2.24, 2.45) is 0 Å². The first-order valence-electron chi connectivity index (χ1n) is 7.55. The van der Waals surface area contributed by atoms with Gasteiger partial charge in [-0.2, -0.15) is 0 Å². The third-order valence-electron chi connectivity index (χ3n) is 3.53. The van der Waals surface area contributed by atoms with Crippen LogP contribution >= 0.6 is 11.6 Å². The first kappa shape index (κ1) is 16.8. The van der Waals surface area contributed by atoms with Crippen LogP contribution in [0.4, 0.5) is 5.69 Å². The second kappa shape index (κ2) is 7.23. The van der Waals surface area contributed by atoms with Crippen molar-refractivity contribution in [3.63, 3.8) is 0 Å². The summed E-state index contributed by atoms with van der Waals surface area (Å²) in [5.41, 5.74) is 3.69. The van der Waals surface area contributed by atoms with Crippen LogP contribution in [-0.4, -0.2) is 18.4 Å². The lowest BCUT2D eigenvalue weighted by Crippen LogP contribution is -2.35. The molecule has 2 amide bonds. The fourth-order valence-corrected chi connectivity index (χ4v) is 2.56. The largest absolute Gasteiger partial charge is 0.489 e. The highest BCUT2D eigenvalue weighted by atomic mass is 35.5. The molecule has 1 aliphatic heterocycles. The number of hydrazine groups is 1. The SMILES string of the molecule is C=CCOc1ccc(Cl)cc1/C=C1\C(=O)NN(c2ccccc2)C1=O. The number of rotatable bonds is 5. The van der Waals surface area contributed by atoms with E-state index in [1.165, 1.54) is 11.1 Å². The number of amides is 2. The third-order valence-corrected chi connectivity index (χ3v) is 3.77. The van der Waals surface area contributed by atoms with Crippen molar-refractivity contribution in [2.45, 2.75) is 0 Å². The van der Waals surface area contributed by atoms with E-state index in [9.17, 15) is 9.59 Å². The lowest BCUT2D eigenvalue weighted by Gasteiger charge is -2.14. The van der Waals surface area contributed by atoms with Crippen LogP contribution in [0.1, 0.15) is 5.56 Å². The molecule has 5 nitrogen and oxygen atoms in total. The van der Waals surface area contributed by atoms with Crippen LogP contribution < -0.4 is 15.2 Å². The van der Waals surface area contributed by atoms with Gasteiger partial charge < -0.3 is 4.74 Å². The fraction of sp³-hybridized carbons (Fsp3) is 0.0526. The fourth-order valence-electron chi connectivity index (χ4n) is 2.38. The van der Waals surface area contributed by atoms with Crippen LogP contribution in [0, 0.1) is 0 Å². The second-order valence-corrected chi connectivity index (χ2v) is 5.69. The standard InChI is InChI=1S/C19H15ClN2O3/c1-2-10-25-17-9-8-14(20)11-13(17)12-16-18(23)21-22(19(16)24)15-6-4-3-5-7-15/h2-9,11-12H,1,10H2,(H,21,23)/b16-12+. The van der Waals surface area contributed by atoms with Crippen LogP contribution in [0.15, 0.2) is 66.8 Å². The van der Waals surface area contributed by atoms with E-state index in [-0.39, 0.29) is 5.57 Å². The molecule has 1 aliphatic rings. The summed E-state index contributed by atoms with van der Waals surface area (Å²) < 4.78 is 5.56. The van der Waals surface area contributed by atoms with E-state index in [1.807, 2.05) is 6.07 Å². The highest BCUT2D eigenvalue weighted by Gasteiger charge is 2.34. The van der Waals surface area contributed by atoms with Gasteiger partial charge in [-0.15, -0.1) is 0 Å². The first-order valence-corrected chi connectivity index (χ1v) is 7.93. The van der Waals surface area contributed by atoms with E-state index in [2.05, 4.69) is 12.0 Å². The van der Waals surface area contributed by atoms with E-state index in [4.69, 9.17) is 16.3 Å². The highest BCUT2D eigenvalue weighted by Crippen LogP contribution is 2.28. The number of hydrogen-bond acceptors (Lipinski definition) is 3. The van der Waals surface area contributed by atoms with E-state index in [0.717, 1.165) is 0 Å².